The van der Waals surface area contributed by atoms with E-state index in [0.29, 0.717) is 16.6 Å². The van der Waals surface area contributed by atoms with Gasteiger partial charge >= 0.3 is 0 Å². The number of halogens is 1. The third-order valence-corrected chi connectivity index (χ3v) is 3.43. The van der Waals surface area contributed by atoms with Crippen LogP contribution in [-0.4, -0.2) is 16.6 Å². The second kappa shape index (κ2) is 5.00. The van der Waals surface area contributed by atoms with Gasteiger partial charge in [0.25, 0.3) is 0 Å². The fourth-order valence-corrected chi connectivity index (χ4v) is 2.40. The molecule has 0 heterocycles. The number of terminal acetylenes is 1. The van der Waals surface area contributed by atoms with E-state index < -0.39 is 0 Å². The van der Waals surface area contributed by atoms with Crippen molar-refractivity contribution >= 4 is 22.6 Å². The summed E-state index contributed by atoms with van der Waals surface area (Å²) in [5.74, 6) is 2.51. The Kier molecular flexibility index (Phi) is 4.24. The van der Waals surface area contributed by atoms with Crippen molar-refractivity contribution in [1.82, 2.24) is 0 Å². The minimum absolute atomic E-state index is 0.417. The van der Waals surface area contributed by atoms with Crippen LogP contribution in [0.2, 0.25) is 0 Å². The first-order valence-corrected chi connectivity index (χ1v) is 5.28. The molecule has 2 heteroatoms. The molecule has 0 aromatic rings. The molecule has 1 aliphatic rings. The normalized spacial score (nSPS) is 31.3. The minimum atomic E-state index is 0.417. The summed E-state index contributed by atoms with van der Waals surface area (Å²) in [7, 11) is 0. The van der Waals surface area contributed by atoms with Crippen LogP contribution >= 0.6 is 22.6 Å². The van der Waals surface area contributed by atoms with Crippen LogP contribution in [0.5, 0.6) is 0 Å². The highest BCUT2D eigenvalue weighted by Gasteiger charge is 2.22. The van der Waals surface area contributed by atoms with Gasteiger partial charge in [0.05, 0.1) is 6.10 Å². The van der Waals surface area contributed by atoms with Crippen LogP contribution in [0.3, 0.4) is 0 Å². The van der Waals surface area contributed by atoms with Crippen LogP contribution in [0.15, 0.2) is 0 Å². The third-order valence-electron chi connectivity index (χ3n) is 2.00. The molecule has 0 N–H and O–H groups in total. The van der Waals surface area contributed by atoms with Crippen molar-refractivity contribution in [3.8, 4) is 12.3 Å². The van der Waals surface area contributed by atoms with Crippen molar-refractivity contribution in [2.24, 2.45) is 0 Å². The van der Waals surface area contributed by atoms with Gasteiger partial charge in [-0.05, 0) is 12.8 Å². The van der Waals surface area contributed by atoms with E-state index in [1.54, 1.807) is 0 Å². The highest BCUT2D eigenvalue weighted by molar-refractivity contribution is 14.1. The third kappa shape index (κ3) is 3.00. The molecule has 0 aromatic carbocycles. The summed E-state index contributed by atoms with van der Waals surface area (Å²) in [4.78, 5) is 0. The Balaban J connectivity index is 2.25. The summed E-state index contributed by atoms with van der Waals surface area (Å²) >= 11 is 2.46. The van der Waals surface area contributed by atoms with E-state index in [4.69, 9.17) is 11.2 Å². The topological polar surface area (TPSA) is 9.23 Å². The van der Waals surface area contributed by atoms with Crippen LogP contribution in [0, 0.1) is 12.3 Å². The van der Waals surface area contributed by atoms with Crippen LogP contribution in [0.4, 0.5) is 0 Å². The summed E-state index contributed by atoms with van der Waals surface area (Å²) in [6, 6.07) is 0. The Morgan fingerprint density at radius 1 is 1.45 bits per heavy atom. The van der Waals surface area contributed by atoms with Gasteiger partial charge in [0.2, 0.25) is 0 Å². The predicted octanol–water partition coefficient (Wildman–Crippen LogP) is 2.38. The lowest BCUT2D eigenvalue weighted by Gasteiger charge is -2.26. The number of hydrogen-bond donors (Lipinski definition) is 0. The molecule has 2 unspecified atom stereocenters. The smallest absolute Gasteiger partial charge is 0.107 e. The Labute approximate surface area is 82.0 Å². The lowest BCUT2D eigenvalue weighted by atomic mass is 9.98. The second-order valence-electron chi connectivity index (χ2n) is 2.85. The van der Waals surface area contributed by atoms with Crippen LogP contribution in [0.25, 0.3) is 0 Å². The van der Waals surface area contributed by atoms with Crippen molar-refractivity contribution in [1.29, 1.82) is 0 Å². The van der Waals surface area contributed by atoms with Crippen LogP contribution in [-0.2, 0) is 4.74 Å². The van der Waals surface area contributed by atoms with Gasteiger partial charge in [-0.15, -0.1) is 6.42 Å². The largest absolute Gasteiger partial charge is 0.364 e. The van der Waals surface area contributed by atoms with Crippen molar-refractivity contribution in [2.45, 2.75) is 35.7 Å². The molecule has 0 radical (unpaired) electrons. The van der Waals surface area contributed by atoms with Crippen molar-refractivity contribution in [3.05, 3.63) is 0 Å². The van der Waals surface area contributed by atoms with E-state index >= 15 is 0 Å². The fraction of sp³-hybridized carbons (Fsp3) is 0.778. The summed E-state index contributed by atoms with van der Waals surface area (Å²) < 4.78 is 6.18. The van der Waals surface area contributed by atoms with E-state index in [1.807, 2.05) is 0 Å². The molecule has 0 spiro atoms. The molecule has 1 fully saturated rings. The average Bonchev–Trinajstić information content (AvgIpc) is 2.03. The first-order chi connectivity index (χ1) is 5.34. The summed E-state index contributed by atoms with van der Waals surface area (Å²) in [6.45, 7) is 0.476. The molecule has 0 amide bonds. The van der Waals surface area contributed by atoms with Crippen molar-refractivity contribution in [2.75, 3.05) is 6.61 Å². The first-order valence-electron chi connectivity index (χ1n) is 4.03. The zero-order valence-corrected chi connectivity index (χ0v) is 8.71. The zero-order valence-electron chi connectivity index (χ0n) is 6.55. The number of alkyl halides is 1. The summed E-state index contributed by atoms with van der Waals surface area (Å²) in [5, 5.41) is 0. The van der Waals surface area contributed by atoms with E-state index in [9.17, 15) is 0 Å². The molecule has 1 aliphatic carbocycles. The number of rotatable bonds is 2. The summed E-state index contributed by atoms with van der Waals surface area (Å²) in [5.41, 5.74) is 0. The minimum Gasteiger partial charge on any atom is -0.364 e. The highest BCUT2D eigenvalue weighted by atomic mass is 127. The summed E-state index contributed by atoms with van der Waals surface area (Å²) in [6.07, 6.45) is 10.7. The lowest BCUT2D eigenvalue weighted by molar-refractivity contribution is 0.0584. The van der Waals surface area contributed by atoms with Crippen LogP contribution < -0.4 is 0 Å². The molecule has 0 aliphatic heterocycles. The van der Waals surface area contributed by atoms with Gasteiger partial charge in [0.15, 0.2) is 0 Å². The molecule has 62 valence electrons. The molecule has 0 bridgehead atoms. The van der Waals surface area contributed by atoms with Gasteiger partial charge in [-0.2, -0.15) is 0 Å². The monoisotopic (exact) mass is 264 g/mol. The Morgan fingerprint density at radius 3 is 2.82 bits per heavy atom. The SMILES string of the molecule is C#CCOC1CCCCC1I. The standard InChI is InChI=1S/C9H13IO/c1-2-7-11-9-6-4-3-5-8(9)10/h1,8-9H,3-7H2. The zero-order chi connectivity index (χ0) is 8.10. The van der Waals surface area contributed by atoms with Gasteiger partial charge in [-0.3, -0.25) is 0 Å². The fourth-order valence-electron chi connectivity index (χ4n) is 1.39. The second-order valence-corrected chi connectivity index (χ2v) is 4.45. The van der Waals surface area contributed by atoms with Crippen molar-refractivity contribution in [3.63, 3.8) is 0 Å². The lowest BCUT2D eigenvalue weighted by Crippen LogP contribution is -2.27. The molecule has 1 nitrogen and oxygen atoms in total. The predicted molar refractivity (Wildman–Crippen MR) is 54.8 cm³/mol. The van der Waals surface area contributed by atoms with Crippen LogP contribution in [0.1, 0.15) is 25.7 Å². The average molecular weight is 264 g/mol. The van der Waals surface area contributed by atoms with E-state index in [2.05, 4.69) is 28.5 Å². The first kappa shape index (κ1) is 9.34. The van der Waals surface area contributed by atoms with Gasteiger partial charge < -0.3 is 4.74 Å². The van der Waals surface area contributed by atoms with Gasteiger partial charge in [0, 0.05) is 3.92 Å². The molecular formula is C9H13IO. The molecule has 2 atom stereocenters. The molecule has 0 saturated heterocycles. The molecular weight excluding hydrogens is 251 g/mol. The maximum atomic E-state index is 5.50. The van der Waals surface area contributed by atoms with Crippen molar-refractivity contribution < 1.29 is 4.74 Å². The van der Waals surface area contributed by atoms with Gasteiger partial charge in [-0.1, -0.05) is 41.4 Å². The molecule has 11 heavy (non-hydrogen) atoms. The van der Waals surface area contributed by atoms with E-state index in [0.717, 1.165) is 0 Å². The quantitative estimate of drug-likeness (QED) is 0.422. The highest BCUT2D eigenvalue weighted by Crippen LogP contribution is 2.26. The van der Waals surface area contributed by atoms with E-state index in [1.165, 1.54) is 25.7 Å². The molecule has 1 rings (SSSR count). The van der Waals surface area contributed by atoms with Gasteiger partial charge in [-0.25, -0.2) is 0 Å². The van der Waals surface area contributed by atoms with Gasteiger partial charge in [0.1, 0.15) is 6.61 Å². The Bertz CT molecular complexity index is 150. The maximum absolute atomic E-state index is 5.50. The Hall–Kier alpha value is 0.250. The Morgan fingerprint density at radius 2 is 2.18 bits per heavy atom. The maximum Gasteiger partial charge on any atom is 0.107 e. The number of ether oxygens (including phenoxy) is 1. The molecule has 0 aromatic heterocycles. The molecule has 1 saturated carbocycles. The number of hydrogen-bond acceptors (Lipinski definition) is 1. The van der Waals surface area contributed by atoms with E-state index in [-0.39, 0.29) is 0 Å².